The number of rotatable bonds is 4. The number of benzene rings is 2. The van der Waals surface area contributed by atoms with Crippen molar-refractivity contribution in [1.82, 2.24) is 0 Å². The first-order valence-corrected chi connectivity index (χ1v) is 9.82. The first-order chi connectivity index (χ1) is 12.2. The van der Waals surface area contributed by atoms with E-state index in [-0.39, 0.29) is 4.90 Å². The molecule has 6 nitrogen and oxygen atoms in total. The van der Waals surface area contributed by atoms with Gasteiger partial charge in [0.1, 0.15) is 10.7 Å². The van der Waals surface area contributed by atoms with E-state index in [9.17, 15) is 34.4 Å². The fourth-order valence-electron chi connectivity index (χ4n) is 1.57. The van der Waals surface area contributed by atoms with Crippen molar-refractivity contribution >= 4 is 20.2 Å². The Bertz CT molecular complexity index is 968. The summed E-state index contributed by atoms with van der Waals surface area (Å²) in [4.78, 5) is -0.984. The minimum Gasteiger partial charge on any atom is -0.282 e. The third-order valence-electron chi connectivity index (χ3n) is 2.80. The molecule has 0 atom stereocenters. The van der Waals surface area contributed by atoms with E-state index < -0.39 is 43.7 Å². The summed E-state index contributed by atoms with van der Waals surface area (Å²) in [6.45, 7) is -0.0871. The van der Waals surface area contributed by atoms with Gasteiger partial charge in [0.15, 0.2) is 6.61 Å². The summed E-state index contributed by atoms with van der Waals surface area (Å²) < 4.78 is 103. The van der Waals surface area contributed by atoms with E-state index in [2.05, 4.69) is 4.18 Å². The maximum absolute atomic E-state index is 12.5. The lowest BCUT2D eigenvalue weighted by atomic mass is 10.2. The van der Waals surface area contributed by atoms with Gasteiger partial charge < -0.3 is 0 Å². The highest BCUT2D eigenvalue weighted by atomic mass is 32.2. The van der Waals surface area contributed by atoms with Gasteiger partial charge in [0.25, 0.3) is 20.2 Å². The molecule has 2 rings (SSSR count). The van der Waals surface area contributed by atoms with Crippen molar-refractivity contribution in [1.29, 1.82) is 0 Å². The Morgan fingerprint density at radius 1 is 0.963 bits per heavy atom. The average molecular weight is 430 g/mol. The second-order valence-electron chi connectivity index (χ2n) is 5.05. The number of halogens is 4. The lowest BCUT2D eigenvalue weighted by molar-refractivity contribution is -0.152. The first kappa shape index (κ1) is 23.0. The minimum atomic E-state index is -4.67. The lowest BCUT2D eigenvalue weighted by Crippen LogP contribution is -2.20. The van der Waals surface area contributed by atoms with Crippen LogP contribution in [-0.2, 0) is 24.4 Å². The molecule has 0 aliphatic rings. The van der Waals surface area contributed by atoms with Gasteiger partial charge in [0, 0.05) is 0 Å². The molecule has 0 amide bonds. The van der Waals surface area contributed by atoms with Crippen LogP contribution in [0.1, 0.15) is 5.56 Å². The molecule has 0 saturated heterocycles. The van der Waals surface area contributed by atoms with Crippen molar-refractivity contribution in [2.75, 3.05) is 6.61 Å². The Morgan fingerprint density at radius 2 is 1.48 bits per heavy atom. The van der Waals surface area contributed by atoms with Gasteiger partial charge in [-0.05, 0) is 31.2 Å². The van der Waals surface area contributed by atoms with E-state index >= 15 is 0 Å². The fraction of sp³-hybridized carbons (Fsp3) is 0.200. The maximum Gasteiger partial charge on any atom is 0.413 e. The second kappa shape index (κ2) is 8.78. The van der Waals surface area contributed by atoms with Crippen LogP contribution < -0.4 is 0 Å². The Morgan fingerprint density at radius 3 is 1.89 bits per heavy atom. The number of alkyl halides is 3. The highest BCUT2D eigenvalue weighted by Gasteiger charge is 2.31. The summed E-state index contributed by atoms with van der Waals surface area (Å²) in [5.41, 5.74) is 0.801. The van der Waals surface area contributed by atoms with E-state index in [1.165, 1.54) is 36.4 Å². The smallest absolute Gasteiger partial charge is 0.282 e. The van der Waals surface area contributed by atoms with Crippen molar-refractivity contribution in [2.24, 2.45) is 0 Å². The fourth-order valence-corrected chi connectivity index (χ4v) is 3.03. The van der Waals surface area contributed by atoms with Crippen molar-refractivity contribution in [3.63, 3.8) is 0 Å². The van der Waals surface area contributed by atoms with E-state index in [0.717, 1.165) is 17.7 Å². The zero-order valence-electron chi connectivity index (χ0n) is 13.6. The van der Waals surface area contributed by atoms with Crippen molar-refractivity contribution < 1.29 is 43.1 Å². The van der Waals surface area contributed by atoms with Crippen LogP contribution in [0, 0.1) is 12.7 Å². The highest BCUT2D eigenvalue weighted by Crippen LogP contribution is 2.19. The Kier molecular flexibility index (Phi) is 7.48. The topological polar surface area (TPSA) is 97.7 Å². The molecule has 0 aliphatic heterocycles. The molecule has 0 bridgehead atoms. The molecule has 0 radical (unpaired) electrons. The molecule has 0 spiro atoms. The van der Waals surface area contributed by atoms with Gasteiger partial charge in [-0.2, -0.15) is 30.0 Å². The van der Waals surface area contributed by atoms with E-state index in [0.29, 0.717) is 0 Å². The first-order valence-electron chi connectivity index (χ1n) is 6.97. The van der Waals surface area contributed by atoms with Crippen LogP contribution in [0.2, 0.25) is 0 Å². The molecule has 27 heavy (non-hydrogen) atoms. The molecular formula is C15H14F4O6S2. The van der Waals surface area contributed by atoms with Crippen LogP contribution in [-0.4, -0.2) is 34.2 Å². The molecule has 0 aromatic heterocycles. The monoisotopic (exact) mass is 430 g/mol. The summed E-state index contributed by atoms with van der Waals surface area (Å²) in [7, 11) is -8.74. The highest BCUT2D eigenvalue weighted by molar-refractivity contribution is 7.86. The predicted molar refractivity (Wildman–Crippen MR) is 86.6 cm³/mol. The summed E-state index contributed by atoms with van der Waals surface area (Å²) in [6.07, 6.45) is -4.67. The van der Waals surface area contributed by atoms with E-state index in [1.807, 2.05) is 0 Å². The van der Waals surface area contributed by atoms with Gasteiger partial charge in [-0.15, -0.1) is 0 Å². The second-order valence-corrected chi connectivity index (χ2v) is 8.06. The van der Waals surface area contributed by atoms with Gasteiger partial charge >= 0.3 is 6.18 Å². The molecule has 0 saturated carbocycles. The molecule has 0 fully saturated rings. The molecule has 12 heteroatoms. The van der Waals surface area contributed by atoms with Gasteiger partial charge in [0.2, 0.25) is 0 Å². The van der Waals surface area contributed by atoms with Crippen LogP contribution >= 0.6 is 0 Å². The maximum atomic E-state index is 12.5. The Balaban J connectivity index is 0.000000289. The number of aryl methyl sites for hydroxylation is 1. The SMILES string of the molecule is Cc1ccc(S(=O)(=O)OCC(F)(F)F)cc1.O=S(=O)(O)c1ccccc1F. The summed E-state index contributed by atoms with van der Waals surface area (Å²) in [6, 6.07) is 9.96. The molecule has 0 unspecified atom stereocenters. The van der Waals surface area contributed by atoms with Gasteiger partial charge in [0.05, 0.1) is 4.90 Å². The van der Waals surface area contributed by atoms with Crippen LogP contribution in [0.25, 0.3) is 0 Å². The molecule has 0 heterocycles. The summed E-state index contributed by atoms with van der Waals surface area (Å²) in [5, 5.41) is 0. The number of hydrogen-bond donors (Lipinski definition) is 1. The molecule has 1 N–H and O–H groups in total. The molecular weight excluding hydrogens is 416 g/mol. The molecule has 2 aromatic carbocycles. The third kappa shape index (κ3) is 8.03. The minimum absolute atomic E-state index is 0.289. The van der Waals surface area contributed by atoms with Crippen molar-refractivity contribution in [2.45, 2.75) is 22.9 Å². The van der Waals surface area contributed by atoms with Crippen molar-refractivity contribution in [3.05, 3.63) is 59.9 Å². The third-order valence-corrected chi connectivity index (χ3v) is 4.97. The zero-order valence-corrected chi connectivity index (χ0v) is 15.3. The van der Waals surface area contributed by atoms with Gasteiger partial charge in [-0.3, -0.25) is 8.74 Å². The predicted octanol–water partition coefficient (Wildman–Crippen LogP) is 3.34. The number of hydrogen-bond acceptors (Lipinski definition) is 5. The van der Waals surface area contributed by atoms with Crippen LogP contribution in [0.4, 0.5) is 17.6 Å². The standard InChI is InChI=1S/C9H9F3O3S.C6H5FO3S/c1-7-2-4-8(5-3-7)16(13,14)15-6-9(10,11)12;7-5-3-1-2-4-6(5)11(8,9)10/h2-5H,6H2,1H3;1-4H,(H,8,9,10). The molecule has 2 aromatic rings. The van der Waals surface area contributed by atoms with Gasteiger partial charge in [-0.1, -0.05) is 29.8 Å². The van der Waals surface area contributed by atoms with Gasteiger partial charge in [-0.25, -0.2) is 4.39 Å². The molecule has 150 valence electrons. The van der Waals surface area contributed by atoms with E-state index in [4.69, 9.17) is 4.55 Å². The van der Waals surface area contributed by atoms with Crippen LogP contribution in [0.3, 0.4) is 0 Å². The largest absolute Gasteiger partial charge is 0.413 e. The zero-order chi connectivity index (χ0) is 20.9. The van der Waals surface area contributed by atoms with E-state index in [1.54, 1.807) is 6.92 Å². The van der Waals surface area contributed by atoms with Crippen LogP contribution in [0.15, 0.2) is 58.3 Å². The van der Waals surface area contributed by atoms with Crippen LogP contribution in [0.5, 0.6) is 0 Å². The van der Waals surface area contributed by atoms with Crippen molar-refractivity contribution in [3.8, 4) is 0 Å². The Hall–Kier alpha value is -2.02. The lowest BCUT2D eigenvalue weighted by Gasteiger charge is -2.08. The summed E-state index contributed by atoms with van der Waals surface area (Å²) in [5.74, 6) is -0.949. The molecule has 0 aliphatic carbocycles. The normalized spacial score (nSPS) is 12.2. The quantitative estimate of drug-likeness (QED) is 0.454. The average Bonchev–Trinajstić information content (AvgIpc) is 2.53. The Labute approximate surface area is 153 Å². The summed E-state index contributed by atoms with van der Waals surface area (Å²) >= 11 is 0.